The first-order valence-corrected chi connectivity index (χ1v) is 10.4. The predicted molar refractivity (Wildman–Crippen MR) is 105 cm³/mol. The van der Waals surface area contributed by atoms with E-state index in [1.54, 1.807) is 4.90 Å². The van der Waals surface area contributed by atoms with Crippen molar-refractivity contribution in [2.45, 2.75) is 50.7 Å². The molecule has 2 saturated heterocycles. The molecule has 0 bridgehead atoms. The Balaban J connectivity index is 1.24. The second-order valence-corrected chi connectivity index (χ2v) is 7.85. The van der Waals surface area contributed by atoms with Gasteiger partial charge in [0.1, 0.15) is 18.9 Å². The van der Waals surface area contributed by atoms with Crippen LogP contribution in [0.25, 0.3) is 0 Å². The van der Waals surface area contributed by atoms with Crippen LogP contribution < -0.4 is 10.1 Å². The molecule has 2 heterocycles. The van der Waals surface area contributed by atoms with Crippen molar-refractivity contribution < 1.29 is 19.1 Å². The van der Waals surface area contributed by atoms with Gasteiger partial charge in [-0.05, 0) is 49.9 Å². The van der Waals surface area contributed by atoms with Crippen molar-refractivity contribution in [3.8, 4) is 5.75 Å². The minimum atomic E-state index is -0.229. The van der Waals surface area contributed by atoms with Crippen molar-refractivity contribution in [2.75, 3.05) is 38.2 Å². The minimum absolute atomic E-state index is 0.0613. The summed E-state index contributed by atoms with van der Waals surface area (Å²) in [6.07, 6.45) is 6.91. The number of urea groups is 1. The van der Waals surface area contributed by atoms with Crippen LogP contribution in [0.2, 0.25) is 0 Å². The summed E-state index contributed by atoms with van der Waals surface area (Å²) >= 11 is 0. The lowest BCUT2D eigenvalue weighted by Crippen LogP contribution is -2.55. The van der Waals surface area contributed by atoms with E-state index >= 15 is 0 Å². The Bertz CT molecular complexity index is 681. The van der Waals surface area contributed by atoms with Crippen molar-refractivity contribution in [3.63, 3.8) is 0 Å². The number of benzene rings is 1. The van der Waals surface area contributed by atoms with Gasteiger partial charge in [-0.15, -0.1) is 0 Å². The molecule has 2 aliphatic heterocycles. The predicted octanol–water partition coefficient (Wildman–Crippen LogP) is 2.86. The van der Waals surface area contributed by atoms with Gasteiger partial charge in [0, 0.05) is 31.4 Å². The van der Waals surface area contributed by atoms with Crippen LogP contribution in [0.5, 0.6) is 5.75 Å². The standard InChI is InChI=1S/C21H29N3O4/c25-20-14-23(11-12-24(20)17-4-1-2-5-17)21(26)22-16-7-9-18(10-8-16)28-15-19-6-3-13-27-19/h7-10,17,19H,1-6,11-15H2,(H,22,26)/t19-/m1/s1. The highest BCUT2D eigenvalue weighted by atomic mass is 16.5. The molecule has 152 valence electrons. The van der Waals surface area contributed by atoms with Gasteiger partial charge in [-0.25, -0.2) is 4.79 Å². The molecule has 1 N–H and O–H groups in total. The highest BCUT2D eigenvalue weighted by Gasteiger charge is 2.32. The lowest BCUT2D eigenvalue weighted by atomic mass is 10.2. The van der Waals surface area contributed by atoms with Crippen LogP contribution in [0.3, 0.4) is 0 Å². The smallest absolute Gasteiger partial charge is 0.322 e. The van der Waals surface area contributed by atoms with Gasteiger partial charge in [0.25, 0.3) is 0 Å². The Morgan fingerprint density at radius 3 is 2.57 bits per heavy atom. The zero-order valence-corrected chi connectivity index (χ0v) is 16.3. The fourth-order valence-electron chi connectivity index (χ4n) is 4.26. The highest BCUT2D eigenvalue weighted by molar-refractivity contribution is 5.93. The van der Waals surface area contributed by atoms with E-state index in [-0.39, 0.29) is 24.6 Å². The molecule has 7 heteroatoms. The fourth-order valence-corrected chi connectivity index (χ4v) is 4.26. The Morgan fingerprint density at radius 2 is 1.89 bits per heavy atom. The molecule has 28 heavy (non-hydrogen) atoms. The monoisotopic (exact) mass is 387 g/mol. The molecule has 3 fully saturated rings. The van der Waals surface area contributed by atoms with Crippen LogP contribution in [0.4, 0.5) is 10.5 Å². The molecule has 0 unspecified atom stereocenters. The van der Waals surface area contributed by atoms with E-state index < -0.39 is 0 Å². The normalized spacial score (nSPS) is 23.3. The molecule has 1 atom stereocenters. The van der Waals surface area contributed by atoms with Gasteiger partial charge in [0.05, 0.1) is 6.10 Å². The number of carbonyl (C=O) groups is 2. The maximum atomic E-state index is 12.5. The van der Waals surface area contributed by atoms with E-state index in [1.165, 1.54) is 12.8 Å². The third-order valence-electron chi connectivity index (χ3n) is 5.88. The number of rotatable bonds is 5. The van der Waals surface area contributed by atoms with E-state index in [2.05, 4.69) is 5.32 Å². The third kappa shape index (κ3) is 4.58. The van der Waals surface area contributed by atoms with Crippen LogP contribution in [-0.4, -0.2) is 66.7 Å². The Hall–Kier alpha value is -2.28. The number of nitrogens with zero attached hydrogens (tertiary/aromatic N) is 2. The first-order valence-electron chi connectivity index (χ1n) is 10.4. The summed E-state index contributed by atoms with van der Waals surface area (Å²) in [6, 6.07) is 7.47. The maximum Gasteiger partial charge on any atom is 0.322 e. The molecule has 1 aromatic rings. The van der Waals surface area contributed by atoms with Gasteiger partial charge in [0.15, 0.2) is 0 Å². The van der Waals surface area contributed by atoms with Crippen molar-refractivity contribution in [2.24, 2.45) is 0 Å². The number of nitrogens with one attached hydrogen (secondary N) is 1. The molecule has 0 radical (unpaired) electrons. The SMILES string of the molecule is O=C(Nc1ccc(OC[C@H]2CCCO2)cc1)N1CCN(C2CCCC2)C(=O)C1. The Labute approximate surface area is 166 Å². The molecule has 3 aliphatic rings. The Morgan fingerprint density at radius 1 is 1.11 bits per heavy atom. The van der Waals surface area contributed by atoms with E-state index in [9.17, 15) is 9.59 Å². The average Bonchev–Trinajstić information content (AvgIpc) is 3.41. The van der Waals surface area contributed by atoms with Crippen molar-refractivity contribution in [1.82, 2.24) is 9.80 Å². The third-order valence-corrected chi connectivity index (χ3v) is 5.88. The molecule has 3 amide bonds. The number of anilines is 1. The second-order valence-electron chi connectivity index (χ2n) is 7.85. The molecular formula is C21H29N3O4. The van der Waals surface area contributed by atoms with Gasteiger partial charge in [-0.3, -0.25) is 4.79 Å². The van der Waals surface area contributed by atoms with Gasteiger partial charge in [-0.2, -0.15) is 0 Å². The van der Waals surface area contributed by atoms with E-state index in [4.69, 9.17) is 9.47 Å². The number of carbonyl (C=O) groups excluding carboxylic acids is 2. The molecule has 4 rings (SSSR count). The van der Waals surface area contributed by atoms with E-state index in [0.717, 1.165) is 38.0 Å². The molecule has 0 spiro atoms. The number of hydrogen-bond donors (Lipinski definition) is 1. The van der Waals surface area contributed by atoms with E-state index in [0.29, 0.717) is 31.4 Å². The summed E-state index contributed by atoms with van der Waals surface area (Å²) < 4.78 is 11.3. The summed E-state index contributed by atoms with van der Waals surface area (Å²) in [4.78, 5) is 28.5. The fraction of sp³-hybridized carbons (Fsp3) is 0.619. The molecule has 1 aromatic carbocycles. The first kappa shape index (κ1) is 19.1. The van der Waals surface area contributed by atoms with Crippen molar-refractivity contribution in [3.05, 3.63) is 24.3 Å². The van der Waals surface area contributed by atoms with Gasteiger partial charge >= 0.3 is 6.03 Å². The quantitative estimate of drug-likeness (QED) is 0.843. The molecule has 1 saturated carbocycles. The summed E-state index contributed by atoms with van der Waals surface area (Å²) in [5, 5.41) is 2.88. The zero-order valence-electron chi connectivity index (χ0n) is 16.3. The molecule has 7 nitrogen and oxygen atoms in total. The number of ether oxygens (including phenoxy) is 2. The van der Waals surface area contributed by atoms with Crippen LogP contribution in [0.1, 0.15) is 38.5 Å². The van der Waals surface area contributed by atoms with Crippen molar-refractivity contribution >= 4 is 17.6 Å². The summed E-state index contributed by atoms with van der Waals surface area (Å²) in [5.41, 5.74) is 0.695. The number of hydrogen-bond acceptors (Lipinski definition) is 4. The number of piperazine rings is 1. The van der Waals surface area contributed by atoms with Crippen molar-refractivity contribution in [1.29, 1.82) is 0 Å². The van der Waals surface area contributed by atoms with Crippen LogP contribution in [0.15, 0.2) is 24.3 Å². The Kier molecular flexibility index (Phi) is 6.00. The lowest BCUT2D eigenvalue weighted by Gasteiger charge is -2.37. The summed E-state index contributed by atoms with van der Waals surface area (Å²) in [7, 11) is 0. The second kappa shape index (κ2) is 8.82. The van der Waals surface area contributed by atoms with Crippen LogP contribution >= 0.6 is 0 Å². The van der Waals surface area contributed by atoms with Crippen LogP contribution in [-0.2, 0) is 9.53 Å². The maximum absolute atomic E-state index is 12.5. The van der Waals surface area contributed by atoms with Gasteiger partial charge < -0.3 is 24.6 Å². The topological polar surface area (TPSA) is 71.1 Å². The van der Waals surface area contributed by atoms with E-state index in [1.807, 2.05) is 29.2 Å². The molecular weight excluding hydrogens is 358 g/mol. The summed E-state index contributed by atoms with van der Waals surface area (Å²) in [6.45, 7) is 2.74. The number of amides is 3. The molecule has 1 aliphatic carbocycles. The van der Waals surface area contributed by atoms with Crippen LogP contribution in [0, 0.1) is 0 Å². The zero-order chi connectivity index (χ0) is 19.3. The first-order chi connectivity index (χ1) is 13.7. The average molecular weight is 387 g/mol. The summed E-state index contributed by atoms with van der Waals surface area (Å²) in [5.74, 6) is 0.819. The lowest BCUT2D eigenvalue weighted by molar-refractivity contribution is -0.137. The highest BCUT2D eigenvalue weighted by Crippen LogP contribution is 2.25. The largest absolute Gasteiger partial charge is 0.491 e. The van der Waals surface area contributed by atoms with Gasteiger partial charge in [-0.1, -0.05) is 12.8 Å². The molecule has 0 aromatic heterocycles. The minimum Gasteiger partial charge on any atom is -0.491 e. The van der Waals surface area contributed by atoms with Gasteiger partial charge in [0.2, 0.25) is 5.91 Å².